The van der Waals surface area contributed by atoms with E-state index in [0.29, 0.717) is 25.3 Å². The number of aromatic nitrogens is 1. The fourth-order valence-corrected chi connectivity index (χ4v) is 3.44. The Kier molecular flexibility index (Phi) is 6.22. The third-order valence-electron chi connectivity index (χ3n) is 4.25. The number of amides is 2. The molecule has 1 N–H and O–H groups in total. The normalized spacial score (nSPS) is 13.7. The van der Waals surface area contributed by atoms with Gasteiger partial charge in [0.15, 0.2) is 0 Å². The number of thiazole rings is 1. The number of aryl methyl sites for hydroxylation is 1. The molecule has 0 atom stereocenters. The van der Waals surface area contributed by atoms with E-state index in [1.54, 1.807) is 5.38 Å². The molecule has 1 saturated heterocycles. The first-order valence-corrected chi connectivity index (χ1v) is 9.69. The molecule has 1 fully saturated rings. The molecule has 1 aromatic heterocycles. The first-order chi connectivity index (χ1) is 12.6. The molecule has 1 aliphatic heterocycles. The van der Waals surface area contributed by atoms with Gasteiger partial charge in [0.25, 0.3) is 5.91 Å². The number of rotatable bonds is 7. The molecule has 0 unspecified atom stereocenters. The standard InChI is InChI=1S/C19H23N3O3S/c1-14-4-6-15(7-5-14)25-12-17-21-16(13-26-17)19(24)20-9-8-18(23)22-10-2-3-11-22/h4-7,13H,2-3,8-12H2,1H3,(H,20,24). The molecule has 6 nitrogen and oxygen atoms in total. The van der Waals surface area contributed by atoms with Gasteiger partial charge in [-0.1, -0.05) is 17.7 Å². The van der Waals surface area contributed by atoms with Crippen LogP contribution in [0.3, 0.4) is 0 Å². The van der Waals surface area contributed by atoms with Gasteiger partial charge < -0.3 is 15.0 Å². The Labute approximate surface area is 157 Å². The molecule has 26 heavy (non-hydrogen) atoms. The van der Waals surface area contributed by atoms with Crippen molar-refractivity contribution in [1.29, 1.82) is 0 Å². The first kappa shape index (κ1) is 18.4. The van der Waals surface area contributed by atoms with Crippen molar-refractivity contribution in [3.63, 3.8) is 0 Å². The van der Waals surface area contributed by atoms with Crippen LogP contribution in [-0.2, 0) is 11.4 Å². The highest BCUT2D eigenvalue weighted by atomic mass is 32.1. The van der Waals surface area contributed by atoms with E-state index >= 15 is 0 Å². The number of likely N-dealkylation sites (tertiary alicyclic amines) is 1. The number of hydrogen-bond acceptors (Lipinski definition) is 5. The van der Waals surface area contributed by atoms with Gasteiger partial charge in [-0.15, -0.1) is 11.3 Å². The van der Waals surface area contributed by atoms with Crippen molar-refractivity contribution in [1.82, 2.24) is 15.2 Å². The number of benzene rings is 1. The first-order valence-electron chi connectivity index (χ1n) is 8.81. The van der Waals surface area contributed by atoms with Crippen LogP contribution in [0.1, 0.15) is 40.3 Å². The number of nitrogens with zero attached hydrogens (tertiary/aromatic N) is 2. The summed E-state index contributed by atoms with van der Waals surface area (Å²) >= 11 is 1.39. The zero-order valence-corrected chi connectivity index (χ0v) is 15.7. The van der Waals surface area contributed by atoms with Crippen LogP contribution in [0.15, 0.2) is 29.6 Å². The van der Waals surface area contributed by atoms with Crippen LogP contribution in [0.4, 0.5) is 0 Å². The molecule has 3 rings (SSSR count). The number of hydrogen-bond donors (Lipinski definition) is 1. The van der Waals surface area contributed by atoms with Crippen LogP contribution in [0, 0.1) is 6.92 Å². The summed E-state index contributed by atoms with van der Waals surface area (Å²) in [5.41, 5.74) is 1.54. The van der Waals surface area contributed by atoms with E-state index in [9.17, 15) is 9.59 Å². The van der Waals surface area contributed by atoms with Crippen molar-refractivity contribution in [2.45, 2.75) is 32.8 Å². The summed E-state index contributed by atoms with van der Waals surface area (Å²) in [6, 6.07) is 7.79. The van der Waals surface area contributed by atoms with Crippen molar-refractivity contribution in [2.75, 3.05) is 19.6 Å². The minimum Gasteiger partial charge on any atom is -0.486 e. The fraction of sp³-hybridized carbons (Fsp3) is 0.421. The highest BCUT2D eigenvalue weighted by Crippen LogP contribution is 2.16. The van der Waals surface area contributed by atoms with Crippen LogP contribution >= 0.6 is 11.3 Å². The van der Waals surface area contributed by atoms with Crippen LogP contribution in [0.5, 0.6) is 5.75 Å². The third-order valence-corrected chi connectivity index (χ3v) is 5.07. The molecule has 0 spiro atoms. The summed E-state index contributed by atoms with van der Waals surface area (Å²) in [4.78, 5) is 30.3. The van der Waals surface area contributed by atoms with Gasteiger partial charge in [-0.05, 0) is 31.9 Å². The lowest BCUT2D eigenvalue weighted by Crippen LogP contribution is -2.32. The Bertz CT molecular complexity index is 752. The van der Waals surface area contributed by atoms with Gasteiger partial charge in [-0.2, -0.15) is 0 Å². The van der Waals surface area contributed by atoms with Crippen LogP contribution < -0.4 is 10.1 Å². The highest BCUT2D eigenvalue weighted by Gasteiger charge is 2.18. The lowest BCUT2D eigenvalue weighted by Gasteiger charge is -2.14. The quantitative estimate of drug-likeness (QED) is 0.810. The molecule has 2 amide bonds. The van der Waals surface area contributed by atoms with Crippen LogP contribution in [0.25, 0.3) is 0 Å². The van der Waals surface area contributed by atoms with Gasteiger partial charge in [-0.25, -0.2) is 4.98 Å². The molecular weight excluding hydrogens is 350 g/mol. The van der Waals surface area contributed by atoms with Crippen molar-refractivity contribution in [2.24, 2.45) is 0 Å². The van der Waals surface area contributed by atoms with Gasteiger partial charge >= 0.3 is 0 Å². The summed E-state index contributed by atoms with van der Waals surface area (Å²) in [7, 11) is 0. The Morgan fingerprint density at radius 1 is 1.23 bits per heavy atom. The highest BCUT2D eigenvalue weighted by molar-refractivity contribution is 7.09. The average molecular weight is 373 g/mol. The topological polar surface area (TPSA) is 71.5 Å². The molecule has 1 aromatic carbocycles. The summed E-state index contributed by atoms with van der Waals surface area (Å²) in [6.07, 6.45) is 2.48. The van der Waals surface area contributed by atoms with Gasteiger partial charge in [0.1, 0.15) is 23.1 Å². The van der Waals surface area contributed by atoms with E-state index < -0.39 is 0 Å². The second kappa shape index (κ2) is 8.80. The second-order valence-corrected chi connectivity index (χ2v) is 7.26. The number of nitrogens with one attached hydrogen (secondary N) is 1. The molecule has 0 saturated carbocycles. The van der Waals surface area contributed by atoms with Crippen LogP contribution in [0.2, 0.25) is 0 Å². The van der Waals surface area contributed by atoms with E-state index in [2.05, 4.69) is 10.3 Å². The summed E-state index contributed by atoms with van der Waals surface area (Å²) in [5.74, 6) is 0.627. The zero-order chi connectivity index (χ0) is 18.4. The van der Waals surface area contributed by atoms with Crippen molar-refractivity contribution >= 4 is 23.2 Å². The number of carbonyl (C=O) groups excluding carboxylic acids is 2. The minimum absolute atomic E-state index is 0.105. The van der Waals surface area contributed by atoms with E-state index in [4.69, 9.17) is 4.74 Å². The molecule has 2 aromatic rings. The van der Waals surface area contributed by atoms with Crippen molar-refractivity contribution in [3.8, 4) is 5.75 Å². The van der Waals surface area contributed by atoms with Gasteiger partial charge in [0, 0.05) is 31.4 Å². The molecule has 7 heteroatoms. The molecule has 2 heterocycles. The van der Waals surface area contributed by atoms with Gasteiger partial charge in [0.2, 0.25) is 5.91 Å². The summed E-state index contributed by atoms with van der Waals surface area (Å²) in [5, 5.41) is 5.22. The Morgan fingerprint density at radius 2 is 1.96 bits per heavy atom. The lowest BCUT2D eigenvalue weighted by molar-refractivity contribution is -0.129. The Morgan fingerprint density at radius 3 is 2.69 bits per heavy atom. The smallest absolute Gasteiger partial charge is 0.270 e. The van der Waals surface area contributed by atoms with Crippen molar-refractivity contribution < 1.29 is 14.3 Å². The number of carbonyl (C=O) groups is 2. The second-order valence-electron chi connectivity index (χ2n) is 6.32. The van der Waals surface area contributed by atoms with Crippen LogP contribution in [-0.4, -0.2) is 41.3 Å². The maximum absolute atomic E-state index is 12.1. The fourth-order valence-electron chi connectivity index (χ4n) is 2.76. The maximum atomic E-state index is 12.1. The van der Waals surface area contributed by atoms with E-state index in [-0.39, 0.29) is 11.8 Å². The molecule has 138 valence electrons. The average Bonchev–Trinajstić information content (AvgIpc) is 3.33. The molecule has 0 bridgehead atoms. The molecule has 0 radical (unpaired) electrons. The van der Waals surface area contributed by atoms with E-state index in [1.807, 2.05) is 36.1 Å². The van der Waals surface area contributed by atoms with Gasteiger partial charge in [0.05, 0.1) is 0 Å². The maximum Gasteiger partial charge on any atom is 0.270 e. The number of ether oxygens (including phenoxy) is 1. The predicted octanol–water partition coefficient (Wildman–Crippen LogP) is 2.77. The molecular formula is C19H23N3O3S. The minimum atomic E-state index is -0.253. The summed E-state index contributed by atoms with van der Waals surface area (Å²) in [6.45, 7) is 4.36. The van der Waals surface area contributed by atoms with E-state index in [1.165, 1.54) is 16.9 Å². The Hall–Kier alpha value is -2.41. The van der Waals surface area contributed by atoms with E-state index in [0.717, 1.165) is 36.7 Å². The molecule has 1 aliphatic rings. The lowest BCUT2D eigenvalue weighted by atomic mass is 10.2. The zero-order valence-electron chi connectivity index (χ0n) is 14.9. The Balaban J connectivity index is 1.42. The largest absolute Gasteiger partial charge is 0.486 e. The predicted molar refractivity (Wildman–Crippen MR) is 100 cm³/mol. The summed E-state index contributed by atoms with van der Waals surface area (Å²) < 4.78 is 5.68. The molecule has 0 aliphatic carbocycles. The monoisotopic (exact) mass is 373 g/mol. The third kappa shape index (κ3) is 5.05. The van der Waals surface area contributed by atoms with Gasteiger partial charge in [-0.3, -0.25) is 9.59 Å². The van der Waals surface area contributed by atoms with Crippen molar-refractivity contribution in [3.05, 3.63) is 45.9 Å². The SMILES string of the molecule is Cc1ccc(OCc2nc(C(=O)NCCC(=O)N3CCCC3)cs2)cc1.